The first kappa shape index (κ1) is 20.5. The minimum absolute atomic E-state index is 0.102. The van der Waals surface area contributed by atoms with Gasteiger partial charge in [0, 0.05) is 13.1 Å². The van der Waals surface area contributed by atoms with Gasteiger partial charge >= 0.3 is 18.2 Å². The Morgan fingerprint density at radius 1 is 1.15 bits per heavy atom. The van der Waals surface area contributed by atoms with E-state index in [-0.39, 0.29) is 19.7 Å². The average molecular weight is 378 g/mol. The van der Waals surface area contributed by atoms with Gasteiger partial charge in [0.05, 0.1) is 19.1 Å². The Kier molecular flexibility index (Phi) is 6.65. The van der Waals surface area contributed by atoms with E-state index in [0.29, 0.717) is 0 Å². The number of alkyl carbamates (subject to hydrolysis) is 1. The van der Waals surface area contributed by atoms with Gasteiger partial charge in [-0.15, -0.1) is 0 Å². The number of methoxy groups -OCH3 is 1. The molecule has 0 aromatic heterocycles. The van der Waals surface area contributed by atoms with E-state index in [1.165, 1.54) is 12.0 Å². The molecule has 2 rings (SSSR count). The van der Waals surface area contributed by atoms with Crippen LogP contribution < -0.4 is 5.32 Å². The van der Waals surface area contributed by atoms with Crippen molar-refractivity contribution in [3.05, 3.63) is 35.9 Å². The normalized spacial score (nSPS) is 19.3. The molecule has 1 saturated heterocycles. The molecule has 0 spiro atoms. The number of hydrogen-bond acceptors (Lipinski definition) is 6. The maximum absolute atomic E-state index is 12.3. The molecule has 8 nitrogen and oxygen atoms in total. The predicted octanol–water partition coefficient (Wildman–Crippen LogP) is 2.32. The lowest BCUT2D eigenvalue weighted by molar-refractivity contribution is -0.145. The van der Waals surface area contributed by atoms with Crippen molar-refractivity contribution in [1.82, 2.24) is 10.2 Å². The minimum atomic E-state index is -0.688. The Balaban J connectivity index is 1.96. The molecule has 1 aromatic rings. The third-order valence-corrected chi connectivity index (χ3v) is 3.99. The van der Waals surface area contributed by atoms with Crippen molar-refractivity contribution in [2.75, 3.05) is 20.2 Å². The van der Waals surface area contributed by atoms with Crippen LogP contribution in [0.1, 0.15) is 26.3 Å². The van der Waals surface area contributed by atoms with E-state index in [2.05, 4.69) is 5.32 Å². The molecule has 1 N–H and O–H groups in total. The van der Waals surface area contributed by atoms with Crippen molar-refractivity contribution < 1.29 is 28.6 Å². The number of amides is 2. The fourth-order valence-electron chi connectivity index (χ4n) is 2.73. The second kappa shape index (κ2) is 8.75. The van der Waals surface area contributed by atoms with E-state index in [9.17, 15) is 14.4 Å². The fourth-order valence-corrected chi connectivity index (χ4v) is 2.73. The van der Waals surface area contributed by atoms with Crippen molar-refractivity contribution in [2.24, 2.45) is 5.92 Å². The summed E-state index contributed by atoms with van der Waals surface area (Å²) in [4.78, 5) is 37.8. The third-order valence-electron chi connectivity index (χ3n) is 3.99. The summed E-state index contributed by atoms with van der Waals surface area (Å²) in [6.07, 6.45) is -1.21. The molecule has 0 radical (unpaired) electrons. The van der Waals surface area contributed by atoms with Gasteiger partial charge in [-0.3, -0.25) is 4.79 Å². The standard InChI is InChI=1S/C19H26N2O6/c1-19(2,3)27-18(24)21-10-14(16(22)25-4)15(11-21)20-17(23)26-12-13-8-6-5-7-9-13/h5-9,14-15H,10-12H2,1-4H3,(H,20,23)/t14-,15+/m1/s1. The van der Waals surface area contributed by atoms with Crippen LogP contribution in [0.5, 0.6) is 0 Å². The summed E-state index contributed by atoms with van der Waals surface area (Å²) >= 11 is 0. The second-order valence-electron chi connectivity index (χ2n) is 7.33. The van der Waals surface area contributed by atoms with Crippen LogP contribution in [0.4, 0.5) is 9.59 Å². The highest BCUT2D eigenvalue weighted by molar-refractivity contribution is 5.78. The SMILES string of the molecule is COC(=O)[C@@H]1CN(C(=O)OC(C)(C)C)C[C@@H]1NC(=O)OCc1ccccc1. The zero-order chi connectivity index (χ0) is 20.0. The number of carbonyl (C=O) groups excluding carboxylic acids is 3. The Labute approximate surface area is 158 Å². The summed E-state index contributed by atoms with van der Waals surface area (Å²) in [5, 5.41) is 2.65. The number of nitrogens with one attached hydrogen (secondary N) is 1. The van der Waals surface area contributed by atoms with E-state index in [1.807, 2.05) is 30.3 Å². The lowest BCUT2D eigenvalue weighted by Gasteiger charge is -2.24. The first-order chi connectivity index (χ1) is 12.7. The summed E-state index contributed by atoms with van der Waals surface area (Å²) in [7, 11) is 1.27. The zero-order valence-electron chi connectivity index (χ0n) is 16.1. The smallest absolute Gasteiger partial charge is 0.410 e. The minimum Gasteiger partial charge on any atom is -0.469 e. The molecule has 8 heteroatoms. The number of benzene rings is 1. The van der Waals surface area contributed by atoms with Gasteiger partial charge in [-0.1, -0.05) is 30.3 Å². The summed E-state index contributed by atoms with van der Waals surface area (Å²) in [6.45, 7) is 5.62. The lowest BCUT2D eigenvalue weighted by atomic mass is 10.0. The number of esters is 1. The Morgan fingerprint density at radius 2 is 1.81 bits per heavy atom. The van der Waals surface area contributed by atoms with Gasteiger partial charge in [-0.25, -0.2) is 9.59 Å². The lowest BCUT2D eigenvalue weighted by Crippen LogP contribution is -2.43. The summed E-state index contributed by atoms with van der Waals surface area (Å²) < 4.78 is 15.3. The van der Waals surface area contributed by atoms with Crippen molar-refractivity contribution in [3.8, 4) is 0 Å². The molecule has 0 aliphatic carbocycles. The molecule has 1 aromatic carbocycles. The molecule has 1 aliphatic heterocycles. The molecule has 0 unspecified atom stereocenters. The fraction of sp³-hybridized carbons (Fsp3) is 0.526. The molecule has 0 bridgehead atoms. The van der Waals surface area contributed by atoms with Crippen LogP contribution in [0.2, 0.25) is 0 Å². The topological polar surface area (TPSA) is 94.2 Å². The number of likely N-dealkylation sites (tertiary alicyclic amines) is 1. The Hall–Kier alpha value is -2.77. The van der Waals surface area contributed by atoms with Gasteiger partial charge in [-0.05, 0) is 26.3 Å². The van der Waals surface area contributed by atoms with Crippen LogP contribution in [0.3, 0.4) is 0 Å². The number of nitrogens with zero attached hydrogens (tertiary/aromatic N) is 1. The Morgan fingerprint density at radius 3 is 2.41 bits per heavy atom. The zero-order valence-corrected chi connectivity index (χ0v) is 16.1. The van der Waals surface area contributed by atoms with Crippen LogP contribution in [0, 0.1) is 5.92 Å². The van der Waals surface area contributed by atoms with Gasteiger partial charge < -0.3 is 24.4 Å². The van der Waals surface area contributed by atoms with Crippen molar-refractivity contribution in [2.45, 2.75) is 39.0 Å². The number of ether oxygens (including phenoxy) is 3. The number of carbonyl (C=O) groups is 3. The molecule has 148 valence electrons. The molecular formula is C19H26N2O6. The second-order valence-corrected chi connectivity index (χ2v) is 7.33. The quantitative estimate of drug-likeness (QED) is 0.638. The highest BCUT2D eigenvalue weighted by Gasteiger charge is 2.42. The summed E-state index contributed by atoms with van der Waals surface area (Å²) in [5.41, 5.74) is 0.191. The first-order valence-corrected chi connectivity index (χ1v) is 8.72. The van der Waals surface area contributed by atoms with Crippen LogP contribution in [-0.4, -0.2) is 54.9 Å². The maximum atomic E-state index is 12.3. The van der Waals surface area contributed by atoms with Crippen LogP contribution in [0.15, 0.2) is 30.3 Å². The van der Waals surface area contributed by atoms with Crippen LogP contribution in [-0.2, 0) is 25.6 Å². The van der Waals surface area contributed by atoms with Gasteiger partial charge in [0.1, 0.15) is 12.2 Å². The first-order valence-electron chi connectivity index (χ1n) is 8.72. The third kappa shape index (κ3) is 6.16. The average Bonchev–Trinajstić information content (AvgIpc) is 3.03. The van der Waals surface area contributed by atoms with E-state index < -0.39 is 35.7 Å². The van der Waals surface area contributed by atoms with Crippen molar-refractivity contribution in [3.63, 3.8) is 0 Å². The molecule has 1 heterocycles. The van der Waals surface area contributed by atoms with E-state index in [1.54, 1.807) is 20.8 Å². The van der Waals surface area contributed by atoms with Gasteiger partial charge in [0.2, 0.25) is 0 Å². The van der Waals surface area contributed by atoms with Crippen molar-refractivity contribution >= 4 is 18.2 Å². The highest BCUT2D eigenvalue weighted by atomic mass is 16.6. The molecular weight excluding hydrogens is 352 g/mol. The van der Waals surface area contributed by atoms with Crippen molar-refractivity contribution in [1.29, 1.82) is 0 Å². The monoisotopic (exact) mass is 378 g/mol. The summed E-state index contributed by atoms with van der Waals surface area (Å²) in [5.74, 6) is -1.19. The summed E-state index contributed by atoms with van der Waals surface area (Å²) in [6, 6.07) is 8.62. The van der Waals surface area contributed by atoms with E-state index in [4.69, 9.17) is 14.2 Å². The highest BCUT2D eigenvalue weighted by Crippen LogP contribution is 2.21. The maximum Gasteiger partial charge on any atom is 0.410 e. The van der Waals surface area contributed by atoms with E-state index >= 15 is 0 Å². The molecule has 1 fully saturated rings. The van der Waals surface area contributed by atoms with Crippen LogP contribution in [0.25, 0.3) is 0 Å². The molecule has 0 saturated carbocycles. The largest absolute Gasteiger partial charge is 0.469 e. The van der Waals surface area contributed by atoms with Crippen LogP contribution >= 0.6 is 0 Å². The molecule has 2 amide bonds. The molecule has 1 aliphatic rings. The van der Waals surface area contributed by atoms with Gasteiger partial charge in [0.15, 0.2) is 0 Å². The predicted molar refractivity (Wildman–Crippen MR) is 96.9 cm³/mol. The van der Waals surface area contributed by atoms with Gasteiger partial charge in [-0.2, -0.15) is 0 Å². The Bertz CT molecular complexity index is 671. The van der Waals surface area contributed by atoms with E-state index in [0.717, 1.165) is 5.56 Å². The molecule has 2 atom stereocenters. The molecule has 27 heavy (non-hydrogen) atoms. The van der Waals surface area contributed by atoms with Gasteiger partial charge in [0.25, 0.3) is 0 Å². The number of rotatable bonds is 4. The number of hydrogen-bond donors (Lipinski definition) is 1.